The summed E-state index contributed by atoms with van der Waals surface area (Å²) in [6.07, 6.45) is 2.56. The summed E-state index contributed by atoms with van der Waals surface area (Å²) in [6, 6.07) is 3.64. The van der Waals surface area contributed by atoms with E-state index in [2.05, 4.69) is 15.6 Å². The molecule has 5 heteroatoms. The summed E-state index contributed by atoms with van der Waals surface area (Å²) in [4.78, 5) is 14.9. The van der Waals surface area contributed by atoms with Crippen LogP contribution in [0.2, 0.25) is 0 Å². The monoisotopic (exact) mass is 223 g/mol. The number of nitrogens with zero attached hydrogens (tertiary/aromatic N) is 1. The number of hydrogen-bond donors (Lipinski definition) is 2. The molecule has 5 nitrogen and oxygen atoms in total. The number of pyridine rings is 1. The zero-order chi connectivity index (χ0) is 11.8. The van der Waals surface area contributed by atoms with Gasteiger partial charge in [-0.2, -0.15) is 0 Å². The van der Waals surface area contributed by atoms with Gasteiger partial charge in [0.15, 0.2) is 0 Å². The first-order chi connectivity index (χ1) is 7.72. The summed E-state index contributed by atoms with van der Waals surface area (Å²) in [5.74, 6) is 0.702. The highest BCUT2D eigenvalue weighted by Crippen LogP contribution is 2.09. The van der Waals surface area contributed by atoms with Crippen molar-refractivity contribution in [2.24, 2.45) is 0 Å². The van der Waals surface area contributed by atoms with E-state index in [4.69, 9.17) is 4.74 Å². The van der Waals surface area contributed by atoms with Crippen LogP contribution in [0.15, 0.2) is 18.3 Å². The van der Waals surface area contributed by atoms with Crippen molar-refractivity contribution in [1.29, 1.82) is 0 Å². The summed E-state index contributed by atoms with van der Waals surface area (Å²) in [6.45, 7) is 3.02. The highest BCUT2D eigenvalue weighted by atomic mass is 16.5. The fourth-order valence-corrected chi connectivity index (χ4v) is 1.21. The van der Waals surface area contributed by atoms with Crippen molar-refractivity contribution in [1.82, 2.24) is 4.98 Å². The summed E-state index contributed by atoms with van der Waals surface area (Å²) in [7, 11) is 1.68. The van der Waals surface area contributed by atoms with Crippen LogP contribution in [0.25, 0.3) is 0 Å². The Labute approximate surface area is 95.2 Å². The molecule has 0 spiro atoms. The lowest BCUT2D eigenvalue weighted by Gasteiger charge is -2.06. The summed E-state index contributed by atoms with van der Waals surface area (Å²) in [5.41, 5.74) is 0.704. The molecule has 1 aromatic rings. The van der Waals surface area contributed by atoms with Gasteiger partial charge in [0.1, 0.15) is 5.82 Å². The van der Waals surface area contributed by atoms with Crippen LogP contribution in [0, 0.1) is 0 Å². The number of amides is 1. The van der Waals surface area contributed by atoms with Gasteiger partial charge in [-0.15, -0.1) is 0 Å². The van der Waals surface area contributed by atoms with E-state index in [1.807, 2.05) is 12.1 Å². The van der Waals surface area contributed by atoms with Gasteiger partial charge in [-0.05, 0) is 18.6 Å². The second-order valence-electron chi connectivity index (χ2n) is 3.39. The average molecular weight is 223 g/mol. The first kappa shape index (κ1) is 12.4. The van der Waals surface area contributed by atoms with E-state index in [1.165, 1.54) is 6.92 Å². The van der Waals surface area contributed by atoms with E-state index in [9.17, 15) is 4.79 Å². The normalized spacial score (nSPS) is 9.88. The molecule has 0 unspecified atom stereocenters. The molecule has 0 radical (unpaired) electrons. The molecule has 16 heavy (non-hydrogen) atoms. The summed E-state index contributed by atoms with van der Waals surface area (Å²) >= 11 is 0. The topological polar surface area (TPSA) is 63.2 Å². The van der Waals surface area contributed by atoms with Crippen molar-refractivity contribution in [3.8, 4) is 0 Å². The number of hydrogen-bond acceptors (Lipinski definition) is 4. The van der Waals surface area contributed by atoms with Gasteiger partial charge in [0, 0.05) is 27.2 Å². The maximum Gasteiger partial charge on any atom is 0.221 e. The van der Waals surface area contributed by atoms with Gasteiger partial charge in [-0.25, -0.2) is 4.98 Å². The third-order valence-electron chi connectivity index (χ3n) is 1.92. The minimum atomic E-state index is -0.0948. The largest absolute Gasteiger partial charge is 0.385 e. The lowest BCUT2D eigenvalue weighted by molar-refractivity contribution is -0.114. The van der Waals surface area contributed by atoms with Gasteiger partial charge in [-0.1, -0.05) is 0 Å². The van der Waals surface area contributed by atoms with Crippen LogP contribution < -0.4 is 10.6 Å². The molecular formula is C11H17N3O2. The molecule has 0 saturated carbocycles. The van der Waals surface area contributed by atoms with Crippen molar-refractivity contribution < 1.29 is 9.53 Å². The van der Waals surface area contributed by atoms with Crippen LogP contribution in [0.5, 0.6) is 0 Å². The van der Waals surface area contributed by atoms with Crippen molar-refractivity contribution in [3.63, 3.8) is 0 Å². The van der Waals surface area contributed by atoms with Crippen LogP contribution in [0.4, 0.5) is 11.5 Å². The molecule has 2 N–H and O–H groups in total. The molecule has 0 aliphatic rings. The molecule has 1 aromatic heterocycles. The van der Waals surface area contributed by atoms with Gasteiger partial charge in [0.2, 0.25) is 5.91 Å². The predicted molar refractivity (Wildman–Crippen MR) is 63.5 cm³/mol. The molecule has 0 saturated heterocycles. The third-order valence-corrected chi connectivity index (χ3v) is 1.92. The summed E-state index contributed by atoms with van der Waals surface area (Å²) < 4.78 is 4.93. The van der Waals surface area contributed by atoms with Crippen molar-refractivity contribution in [3.05, 3.63) is 18.3 Å². The fraction of sp³-hybridized carbons (Fsp3) is 0.455. The number of carbonyl (C=O) groups excluding carboxylic acids is 1. The minimum absolute atomic E-state index is 0.0948. The van der Waals surface area contributed by atoms with Gasteiger partial charge in [-0.3, -0.25) is 4.79 Å². The van der Waals surface area contributed by atoms with E-state index in [1.54, 1.807) is 13.3 Å². The van der Waals surface area contributed by atoms with Crippen molar-refractivity contribution in [2.75, 3.05) is 30.9 Å². The van der Waals surface area contributed by atoms with Gasteiger partial charge in [0.25, 0.3) is 0 Å². The molecule has 1 amide bonds. The van der Waals surface area contributed by atoms with E-state index in [-0.39, 0.29) is 5.91 Å². The van der Waals surface area contributed by atoms with E-state index in [0.717, 1.165) is 25.4 Å². The minimum Gasteiger partial charge on any atom is -0.385 e. The molecule has 1 rings (SSSR count). The van der Waals surface area contributed by atoms with Crippen molar-refractivity contribution >= 4 is 17.4 Å². The van der Waals surface area contributed by atoms with Crippen LogP contribution in [-0.4, -0.2) is 31.2 Å². The first-order valence-electron chi connectivity index (χ1n) is 5.19. The Kier molecular flexibility index (Phi) is 5.28. The van der Waals surface area contributed by atoms with Crippen LogP contribution in [0.3, 0.4) is 0 Å². The second kappa shape index (κ2) is 6.79. The Bertz CT molecular complexity index is 325. The zero-order valence-electron chi connectivity index (χ0n) is 9.62. The third kappa shape index (κ3) is 4.75. The fourth-order valence-electron chi connectivity index (χ4n) is 1.21. The quantitative estimate of drug-likeness (QED) is 0.717. The Hall–Kier alpha value is -1.62. The lowest BCUT2D eigenvalue weighted by Crippen LogP contribution is -2.08. The zero-order valence-corrected chi connectivity index (χ0v) is 9.62. The van der Waals surface area contributed by atoms with Gasteiger partial charge < -0.3 is 15.4 Å². The number of rotatable bonds is 6. The maximum absolute atomic E-state index is 10.8. The smallest absolute Gasteiger partial charge is 0.221 e. The number of aromatic nitrogens is 1. The SMILES string of the molecule is COCCCNc1ccc(NC(C)=O)cn1. The second-order valence-corrected chi connectivity index (χ2v) is 3.39. The number of anilines is 2. The van der Waals surface area contributed by atoms with Crippen LogP contribution >= 0.6 is 0 Å². The van der Waals surface area contributed by atoms with Crippen molar-refractivity contribution in [2.45, 2.75) is 13.3 Å². The van der Waals surface area contributed by atoms with E-state index >= 15 is 0 Å². The maximum atomic E-state index is 10.8. The highest BCUT2D eigenvalue weighted by molar-refractivity contribution is 5.88. The van der Waals surface area contributed by atoms with Gasteiger partial charge in [0.05, 0.1) is 11.9 Å². The summed E-state index contributed by atoms with van der Waals surface area (Å²) in [5, 5.41) is 5.82. The Morgan fingerprint density at radius 2 is 2.31 bits per heavy atom. The molecule has 0 bridgehead atoms. The predicted octanol–water partition coefficient (Wildman–Crippen LogP) is 1.49. The molecule has 0 fully saturated rings. The molecular weight excluding hydrogens is 206 g/mol. The van der Waals surface area contributed by atoms with Gasteiger partial charge >= 0.3 is 0 Å². The molecule has 0 atom stereocenters. The Morgan fingerprint density at radius 1 is 1.50 bits per heavy atom. The lowest BCUT2D eigenvalue weighted by atomic mass is 10.4. The Morgan fingerprint density at radius 3 is 2.88 bits per heavy atom. The van der Waals surface area contributed by atoms with E-state index < -0.39 is 0 Å². The molecule has 0 aliphatic carbocycles. The molecule has 88 valence electrons. The highest BCUT2D eigenvalue weighted by Gasteiger charge is 1.96. The molecule has 1 heterocycles. The first-order valence-corrected chi connectivity index (χ1v) is 5.19. The average Bonchev–Trinajstić information content (AvgIpc) is 2.26. The molecule has 0 aromatic carbocycles. The number of ether oxygens (including phenoxy) is 1. The molecule has 0 aliphatic heterocycles. The standard InChI is InChI=1S/C11H17N3O2/c1-9(15)14-10-4-5-11(13-8-10)12-6-3-7-16-2/h4-5,8H,3,6-7H2,1-2H3,(H,12,13)(H,14,15). The van der Waals surface area contributed by atoms with Crippen LogP contribution in [-0.2, 0) is 9.53 Å². The Balaban J connectivity index is 2.36. The van der Waals surface area contributed by atoms with Crippen LogP contribution in [0.1, 0.15) is 13.3 Å². The number of nitrogens with one attached hydrogen (secondary N) is 2. The number of methoxy groups -OCH3 is 1. The number of carbonyl (C=O) groups is 1. The van der Waals surface area contributed by atoms with E-state index in [0.29, 0.717) is 5.69 Å².